The highest BCUT2D eigenvalue weighted by Gasteiger charge is 2.24. The maximum Gasteiger partial charge on any atom is 0.352 e. The molecular formula is C18H21N3O5. The monoisotopic (exact) mass is 359 g/mol. The van der Waals surface area contributed by atoms with Gasteiger partial charge in [-0.1, -0.05) is 12.1 Å². The molecule has 2 aromatic rings. The van der Waals surface area contributed by atoms with E-state index in [0.717, 1.165) is 30.5 Å². The highest BCUT2D eigenvalue weighted by atomic mass is 16.5. The van der Waals surface area contributed by atoms with Gasteiger partial charge in [-0.25, -0.2) is 14.2 Å². The number of hydrogen-bond acceptors (Lipinski definition) is 5. The molecule has 1 aromatic carbocycles. The normalized spacial score (nSPS) is 14.5. The van der Waals surface area contributed by atoms with Gasteiger partial charge in [-0.15, -0.1) is 0 Å². The lowest BCUT2D eigenvalue weighted by Gasteiger charge is -2.17. The number of H-pyrrole nitrogens is 1. The van der Waals surface area contributed by atoms with Gasteiger partial charge >= 0.3 is 11.7 Å². The third kappa shape index (κ3) is 3.41. The van der Waals surface area contributed by atoms with Crippen LogP contribution < -0.4 is 16.0 Å². The minimum Gasteiger partial charge on any atom is -0.492 e. The number of aromatic amines is 1. The van der Waals surface area contributed by atoms with Gasteiger partial charge in [0.2, 0.25) is 0 Å². The quantitative estimate of drug-likeness (QED) is 0.803. The van der Waals surface area contributed by atoms with E-state index >= 15 is 0 Å². The average molecular weight is 359 g/mol. The number of nitrogens with one attached hydrogen (secondary N) is 1. The Kier molecular flexibility index (Phi) is 5.22. The molecule has 8 heteroatoms. The molecule has 2 heterocycles. The zero-order valence-corrected chi connectivity index (χ0v) is 14.5. The van der Waals surface area contributed by atoms with Crippen LogP contribution in [0.2, 0.25) is 0 Å². The van der Waals surface area contributed by atoms with Gasteiger partial charge in [0.1, 0.15) is 11.4 Å². The van der Waals surface area contributed by atoms with Crippen LogP contribution in [0.1, 0.15) is 35.8 Å². The summed E-state index contributed by atoms with van der Waals surface area (Å²) in [5, 5.41) is 9.43. The zero-order chi connectivity index (χ0) is 18.7. The third-order valence-corrected chi connectivity index (χ3v) is 4.40. The molecule has 0 spiro atoms. The number of benzene rings is 1. The molecule has 0 atom stereocenters. The van der Waals surface area contributed by atoms with Crippen molar-refractivity contribution < 1.29 is 14.6 Å². The molecule has 8 nitrogen and oxygen atoms in total. The summed E-state index contributed by atoms with van der Waals surface area (Å²) in [7, 11) is 0. The molecular weight excluding hydrogens is 338 g/mol. The van der Waals surface area contributed by atoms with Crippen LogP contribution in [0.15, 0.2) is 33.9 Å². The number of aromatic carboxylic acids is 1. The molecule has 3 rings (SSSR count). The fraction of sp³-hybridized carbons (Fsp3) is 0.389. The van der Waals surface area contributed by atoms with Gasteiger partial charge in [0, 0.05) is 6.54 Å². The third-order valence-electron chi connectivity index (χ3n) is 4.40. The Morgan fingerprint density at radius 3 is 2.58 bits per heavy atom. The summed E-state index contributed by atoms with van der Waals surface area (Å²) >= 11 is 0. The fourth-order valence-corrected chi connectivity index (χ4v) is 3.20. The second kappa shape index (κ2) is 7.57. The fourth-order valence-electron chi connectivity index (χ4n) is 3.20. The summed E-state index contributed by atoms with van der Waals surface area (Å²) in [5.74, 6) is -0.934. The summed E-state index contributed by atoms with van der Waals surface area (Å²) in [4.78, 5) is 41.5. The molecule has 1 saturated heterocycles. The number of likely N-dealkylation sites (tertiary alicyclic amines) is 1. The second-order valence-corrected chi connectivity index (χ2v) is 6.11. The van der Waals surface area contributed by atoms with Crippen molar-refractivity contribution in [3.05, 3.63) is 56.4 Å². The summed E-state index contributed by atoms with van der Waals surface area (Å²) in [6, 6.07) is 6.69. The van der Waals surface area contributed by atoms with Crippen molar-refractivity contribution in [3.8, 4) is 11.4 Å². The number of rotatable bonds is 6. The number of ether oxygens (including phenoxy) is 1. The number of para-hydroxylation sites is 2. The van der Waals surface area contributed by atoms with Gasteiger partial charge in [-0.3, -0.25) is 9.69 Å². The highest BCUT2D eigenvalue weighted by Crippen LogP contribution is 2.20. The lowest BCUT2D eigenvalue weighted by Crippen LogP contribution is -2.40. The number of aromatic nitrogens is 2. The van der Waals surface area contributed by atoms with E-state index in [2.05, 4.69) is 4.98 Å². The first kappa shape index (κ1) is 17.9. The molecule has 0 saturated carbocycles. The van der Waals surface area contributed by atoms with Gasteiger partial charge < -0.3 is 14.8 Å². The summed E-state index contributed by atoms with van der Waals surface area (Å²) in [6.07, 6.45) is 2.01. The lowest BCUT2D eigenvalue weighted by molar-refractivity contribution is 0.0687. The Morgan fingerprint density at radius 2 is 1.92 bits per heavy atom. The molecule has 1 aliphatic rings. The van der Waals surface area contributed by atoms with Gasteiger partial charge in [0.25, 0.3) is 5.56 Å². The predicted molar refractivity (Wildman–Crippen MR) is 95.3 cm³/mol. The van der Waals surface area contributed by atoms with Gasteiger partial charge in [-0.2, -0.15) is 0 Å². The highest BCUT2D eigenvalue weighted by molar-refractivity contribution is 5.86. The largest absolute Gasteiger partial charge is 0.492 e. The molecule has 1 aliphatic heterocycles. The van der Waals surface area contributed by atoms with E-state index in [4.69, 9.17) is 4.74 Å². The topological polar surface area (TPSA) is 105 Å². The molecule has 0 unspecified atom stereocenters. The number of carboxylic acid groups (broad SMARTS) is 1. The first-order chi connectivity index (χ1) is 12.5. The smallest absolute Gasteiger partial charge is 0.352 e. The van der Waals surface area contributed by atoms with E-state index in [-0.39, 0.29) is 17.8 Å². The van der Waals surface area contributed by atoms with Crippen LogP contribution >= 0.6 is 0 Å². The molecule has 0 bridgehead atoms. The lowest BCUT2D eigenvalue weighted by atomic mass is 10.2. The van der Waals surface area contributed by atoms with Crippen LogP contribution in [0.4, 0.5) is 0 Å². The standard InChI is InChI=1S/C18H21N3O5/c1-2-26-14-8-4-3-7-13(14)21-16(22)12(11-20-9-5-6-10-20)15(17(23)24)19-18(21)25/h3-4,7-8H,2,5-6,9-11H2,1H3,(H,19,25)(H,23,24). The van der Waals surface area contributed by atoms with Crippen LogP contribution in [0.5, 0.6) is 5.75 Å². The van der Waals surface area contributed by atoms with Crippen molar-refractivity contribution in [1.82, 2.24) is 14.5 Å². The Hall–Kier alpha value is -2.87. The number of carboxylic acids is 1. The number of nitrogens with zero attached hydrogens (tertiary/aromatic N) is 2. The Balaban J connectivity index is 2.19. The Bertz CT molecular complexity index is 925. The average Bonchev–Trinajstić information content (AvgIpc) is 3.12. The first-order valence-electron chi connectivity index (χ1n) is 8.59. The van der Waals surface area contributed by atoms with E-state index in [1.54, 1.807) is 31.2 Å². The van der Waals surface area contributed by atoms with Crippen LogP contribution in [0, 0.1) is 0 Å². The van der Waals surface area contributed by atoms with Crippen LogP contribution in [0.25, 0.3) is 5.69 Å². The summed E-state index contributed by atoms with van der Waals surface area (Å²) < 4.78 is 6.46. The maximum atomic E-state index is 13.1. The summed E-state index contributed by atoms with van der Waals surface area (Å²) in [5.41, 5.74) is -1.42. The molecule has 26 heavy (non-hydrogen) atoms. The predicted octanol–water partition coefficient (Wildman–Crippen LogP) is 1.22. The van der Waals surface area contributed by atoms with Crippen LogP contribution in [0.3, 0.4) is 0 Å². The SMILES string of the molecule is CCOc1ccccc1-n1c(=O)[nH]c(C(=O)O)c(CN2CCCC2)c1=O. The number of carbonyl (C=O) groups is 1. The first-order valence-corrected chi connectivity index (χ1v) is 8.59. The second-order valence-electron chi connectivity index (χ2n) is 6.11. The van der Waals surface area contributed by atoms with Crippen LogP contribution in [-0.4, -0.2) is 45.2 Å². The molecule has 1 aromatic heterocycles. The van der Waals surface area contributed by atoms with Crippen molar-refractivity contribution in [2.24, 2.45) is 0 Å². The zero-order valence-electron chi connectivity index (χ0n) is 14.5. The van der Waals surface area contributed by atoms with Gasteiger partial charge in [-0.05, 0) is 45.0 Å². The molecule has 2 N–H and O–H groups in total. The number of hydrogen-bond donors (Lipinski definition) is 2. The Morgan fingerprint density at radius 1 is 1.23 bits per heavy atom. The van der Waals surface area contributed by atoms with E-state index in [9.17, 15) is 19.5 Å². The Labute approximate surface area is 149 Å². The van der Waals surface area contributed by atoms with Crippen molar-refractivity contribution in [2.45, 2.75) is 26.3 Å². The van der Waals surface area contributed by atoms with Crippen LogP contribution in [-0.2, 0) is 6.54 Å². The molecule has 0 radical (unpaired) electrons. The molecule has 1 fully saturated rings. The molecule has 0 amide bonds. The van der Waals surface area contributed by atoms with E-state index in [0.29, 0.717) is 18.0 Å². The summed E-state index contributed by atoms with van der Waals surface area (Å²) in [6.45, 7) is 3.96. The van der Waals surface area contributed by atoms with E-state index in [1.807, 2.05) is 4.90 Å². The van der Waals surface area contributed by atoms with Gasteiger partial charge in [0.05, 0.1) is 17.9 Å². The minimum atomic E-state index is -1.32. The maximum absolute atomic E-state index is 13.1. The van der Waals surface area contributed by atoms with Crippen molar-refractivity contribution in [2.75, 3.05) is 19.7 Å². The van der Waals surface area contributed by atoms with E-state index in [1.165, 1.54) is 0 Å². The minimum absolute atomic E-state index is 0.0744. The molecule has 0 aliphatic carbocycles. The molecule has 138 valence electrons. The van der Waals surface area contributed by atoms with Crippen molar-refractivity contribution in [1.29, 1.82) is 0 Å². The van der Waals surface area contributed by atoms with Gasteiger partial charge in [0.15, 0.2) is 0 Å². The van der Waals surface area contributed by atoms with Crippen molar-refractivity contribution >= 4 is 5.97 Å². The van der Waals surface area contributed by atoms with E-state index < -0.39 is 17.2 Å². The van der Waals surface area contributed by atoms with Crippen molar-refractivity contribution in [3.63, 3.8) is 0 Å².